The molecule has 1 N–H and O–H groups in total. The number of pyridine rings is 1. The number of carbonyl (C=O) groups is 1. The maximum atomic E-state index is 13.2. The molecule has 1 aromatic rings. The van der Waals surface area contributed by atoms with Gasteiger partial charge < -0.3 is 10.2 Å². The van der Waals surface area contributed by atoms with E-state index >= 15 is 0 Å². The zero-order valence-corrected chi connectivity index (χ0v) is 16.2. The number of nitrogens with one attached hydrogen (secondary N) is 1. The quantitative estimate of drug-likeness (QED) is 0.900. The van der Waals surface area contributed by atoms with Crippen molar-refractivity contribution in [2.24, 2.45) is 11.8 Å². The summed E-state index contributed by atoms with van der Waals surface area (Å²) >= 11 is 0. The first-order chi connectivity index (χ1) is 12.7. The van der Waals surface area contributed by atoms with E-state index in [4.69, 9.17) is 0 Å². The summed E-state index contributed by atoms with van der Waals surface area (Å²) in [5, 5.41) is 3.06. The third-order valence-electron chi connectivity index (χ3n) is 6.70. The Hall–Kier alpha value is -1.62. The van der Waals surface area contributed by atoms with Gasteiger partial charge in [-0.2, -0.15) is 0 Å². The first kappa shape index (κ1) is 17.8. The number of carbonyl (C=O) groups excluding carboxylic acids is 1. The van der Waals surface area contributed by atoms with Crippen molar-refractivity contribution in [1.82, 2.24) is 14.8 Å². The number of rotatable bonds is 4. The molecular formula is C21H32N4O. The van der Waals surface area contributed by atoms with Crippen molar-refractivity contribution < 1.29 is 4.79 Å². The van der Waals surface area contributed by atoms with Crippen molar-refractivity contribution in [2.45, 2.75) is 57.5 Å². The van der Waals surface area contributed by atoms with E-state index in [0.717, 1.165) is 19.1 Å². The van der Waals surface area contributed by atoms with Crippen molar-refractivity contribution >= 4 is 11.7 Å². The minimum Gasteiger partial charge on any atom is -0.372 e. The lowest BCUT2D eigenvalue weighted by Gasteiger charge is -2.55. The molecule has 4 rings (SSSR count). The highest BCUT2D eigenvalue weighted by Crippen LogP contribution is 2.40. The Balaban J connectivity index is 1.51. The molecule has 0 aromatic carbocycles. The van der Waals surface area contributed by atoms with Crippen LogP contribution >= 0.6 is 0 Å². The first-order valence-electron chi connectivity index (χ1n) is 10.4. The highest BCUT2D eigenvalue weighted by Gasteiger charge is 2.45. The molecule has 5 nitrogen and oxygen atoms in total. The van der Waals surface area contributed by atoms with Crippen LogP contribution in [0.4, 0.5) is 5.82 Å². The third-order valence-corrected chi connectivity index (χ3v) is 6.70. The maximum absolute atomic E-state index is 13.2. The van der Waals surface area contributed by atoms with E-state index in [-0.39, 0.29) is 5.91 Å². The fourth-order valence-corrected chi connectivity index (χ4v) is 5.67. The van der Waals surface area contributed by atoms with Crippen LogP contribution in [0.25, 0.3) is 0 Å². The van der Waals surface area contributed by atoms with Crippen LogP contribution < -0.4 is 5.32 Å². The molecule has 1 amide bonds. The Morgan fingerprint density at radius 2 is 2.19 bits per heavy atom. The van der Waals surface area contributed by atoms with Gasteiger partial charge in [-0.25, -0.2) is 4.98 Å². The summed E-state index contributed by atoms with van der Waals surface area (Å²) in [6.45, 7) is 5.30. The summed E-state index contributed by atoms with van der Waals surface area (Å²) in [6, 6.07) is 5.22. The zero-order chi connectivity index (χ0) is 18.1. The Morgan fingerprint density at radius 3 is 3.00 bits per heavy atom. The van der Waals surface area contributed by atoms with Crippen molar-refractivity contribution in [1.29, 1.82) is 0 Å². The van der Waals surface area contributed by atoms with Crippen LogP contribution in [0.5, 0.6) is 0 Å². The average Bonchev–Trinajstić information content (AvgIpc) is 2.68. The van der Waals surface area contributed by atoms with Gasteiger partial charge in [0.15, 0.2) is 0 Å². The van der Waals surface area contributed by atoms with Gasteiger partial charge in [0, 0.05) is 45.0 Å². The maximum Gasteiger partial charge on any atom is 0.257 e. The van der Waals surface area contributed by atoms with Crippen molar-refractivity contribution in [3.63, 3.8) is 0 Å². The average molecular weight is 357 g/mol. The predicted molar refractivity (Wildman–Crippen MR) is 104 cm³/mol. The minimum atomic E-state index is 0.145. The Kier molecular flexibility index (Phi) is 5.16. The van der Waals surface area contributed by atoms with Gasteiger partial charge in [0.2, 0.25) is 0 Å². The Bertz CT molecular complexity index is 647. The molecule has 0 radical (unpaired) electrons. The molecule has 0 unspecified atom stereocenters. The molecule has 26 heavy (non-hydrogen) atoms. The van der Waals surface area contributed by atoms with Crippen molar-refractivity contribution in [3.05, 3.63) is 23.9 Å². The molecule has 0 aliphatic carbocycles. The minimum absolute atomic E-state index is 0.145. The van der Waals surface area contributed by atoms with Crippen molar-refractivity contribution in [3.8, 4) is 0 Å². The van der Waals surface area contributed by atoms with Crippen LogP contribution in [-0.4, -0.2) is 59.5 Å². The molecule has 142 valence electrons. The smallest absolute Gasteiger partial charge is 0.257 e. The zero-order valence-electron chi connectivity index (χ0n) is 16.2. The van der Waals surface area contributed by atoms with Gasteiger partial charge in [0.1, 0.15) is 5.82 Å². The molecule has 5 heteroatoms. The molecule has 1 aromatic heterocycles. The van der Waals surface area contributed by atoms with E-state index in [1.54, 1.807) is 6.20 Å². The molecule has 0 saturated carbocycles. The summed E-state index contributed by atoms with van der Waals surface area (Å²) in [6.07, 6.45) is 9.69. The van der Waals surface area contributed by atoms with E-state index in [1.165, 1.54) is 45.1 Å². The number of hydrogen-bond acceptors (Lipinski definition) is 4. The molecule has 3 aliphatic heterocycles. The second-order valence-electron chi connectivity index (χ2n) is 8.36. The van der Waals surface area contributed by atoms with Crippen LogP contribution in [-0.2, 0) is 0 Å². The fourth-order valence-electron chi connectivity index (χ4n) is 5.67. The lowest BCUT2D eigenvalue weighted by atomic mass is 9.74. The molecule has 3 aliphatic rings. The van der Waals surface area contributed by atoms with Gasteiger partial charge in [-0.3, -0.25) is 9.69 Å². The largest absolute Gasteiger partial charge is 0.372 e. The van der Waals surface area contributed by atoms with Gasteiger partial charge in [0.25, 0.3) is 5.91 Å². The summed E-state index contributed by atoms with van der Waals surface area (Å²) in [4.78, 5) is 22.4. The Labute approximate surface area is 157 Å². The summed E-state index contributed by atoms with van der Waals surface area (Å²) in [5.74, 6) is 2.10. The van der Waals surface area contributed by atoms with Gasteiger partial charge in [-0.15, -0.1) is 0 Å². The van der Waals surface area contributed by atoms with Gasteiger partial charge in [-0.05, 0) is 49.7 Å². The number of piperidine rings is 3. The highest BCUT2D eigenvalue weighted by atomic mass is 16.2. The van der Waals surface area contributed by atoms with E-state index in [0.29, 0.717) is 29.3 Å². The number of likely N-dealkylation sites (tertiary alicyclic amines) is 1. The number of hydrogen-bond donors (Lipinski definition) is 1. The van der Waals surface area contributed by atoms with Gasteiger partial charge >= 0.3 is 0 Å². The lowest BCUT2D eigenvalue weighted by molar-refractivity contribution is -0.0518. The molecular weight excluding hydrogens is 324 g/mol. The second kappa shape index (κ2) is 7.55. The molecule has 2 bridgehead atoms. The number of anilines is 1. The molecule has 3 fully saturated rings. The van der Waals surface area contributed by atoms with Gasteiger partial charge in [0.05, 0.1) is 5.56 Å². The highest BCUT2D eigenvalue weighted by molar-refractivity contribution is 5.98. The third kappa shape index (κ3) is 3.22. The van der Waals surface area contributed by atoms with Gasteiger partial charge in [-0.1, -0.05) is 19.8 Å². The molecule has 3 saturated heterocycles. The van der Waals surface area contributed by atoms with E-state index < -0.39 is 0 Å². The molecule has 0 spiro atoms. The van der Waals surface area contributed by atoms with Crippen LogP contribution in [0, 0.1) is 11.8 Å². The summed E-state index contributed by atoms with van der Waals surface area (Å²) in [7, 11) is 1.83. The second-order valence-corrected chi connectivity index (χ2v) is 8.36. The van der Waals surface area contributed by atoms with E-state index in [9.17, 15) is 4.79 Å². The summed E-state index contributed by atoms with van der Waals surface area (Å²) in [5.41, 5.74) is 0.708. The predicted octanol–water partition coefficient (Wildman–Crippen LogP) is 3.24. The number of nitrogens with zero attached hydrogens (tertiary/aromatic N) is 3. The normalized spacial score (nSPS) is 31.4. The van der Waals surface area contributed by atoms with Crippen LogP contribution in [0.2, 0.25) is 0 Å². The first-order valence-corrected chi connectivity index (χ1v) is 10.4. The molecule has 4 atom stereocenters. The summed E-state index contributed by atoms with van der Waals surface area (Å²) < 4.78 is 0. The van der Waals surface area contributed by atoms with Crippen LogP contribution in [0.3, 0.4) is 0 Å². The standard InChI is InChI=1S/C21H32N4O/c1-3-6-17-7-4-9-19-16-11-15(13-25(17)19)12-24(14-16)21(26)18-8-5-10-23-20(18)22-2/h5,8,10,15-17,19H,3-4,6-7,9,11-14H2,1-2H3,(H,22,23)/t15-,16+,17-,19-/m0/s1. The lowest BCUT2D eigenvalue weighted by Crippen LogP contribution is -2.62. The van der Waals surface area contributed by atoms with Crippen LogP contribution in [0.15, 0.2) is 18.3 Å². The topological polar surface area (TPSA) is 48.5 Å². The molecule has 4 heterocycles. The Morgan fingerprint density at radius 1 is 1.31 bits per heavy atom. The SMILES string of the molecule is CCC[C@H]1CCC[C@H]2[C@@H]3C[C@@H](CN(C(=O)c4cccnc4NC)C3)CN12. The van der Waals surface area contributed by atoms with Crippen molar-refractivity contribution in [2.75, 3.05) is 32.0 Å². The van der Waals surface area contributed by atoms with E-state index in [1.807, 2.05) is 19.2 Å². The fraction of sp³-hybridized carbons (Fsp3) is 0.714. The monoisotopic (exact) mass is 356 g/mol. The van der Waals surface area contributed by atoms with Crippen LogP contribution in [0.1, 0.15) is 55.8 Å². The van der Waals surface area contributed by atoms with E-state index in [2.05, 4.69) is 27.0 Å². The number of fused-ring (bicyclic) bond motifs is 4. The number of amides is 1. The number of aromatic nitrogens is 1.